The van der Waals surface area contributed by atoms with Crippen LogP contribution in [0, 0.1) is 3.57 Å². The first-order valence-corrected chi connectivity index (χ1v) is 13.7. The van der Waals surface area contributed by atoms with Crippen molar-refractivity contribution in [3.63, 3.8) is 0 Å². The fourth-order valence-corrected chi connectivity index (χ4v) is 4.99. The van der Waals surface area contributed by atoms with E-state index < -0.39 is 0 Å². The molecule has 1 heterocycles. The SMILES string of the molecule is CCCc1nc2ccc(Br)cc2c(=O)n1N=Cc1cc(I)c(OCc2ccccc2Cl)c(OCC)c1. The molecule has 4 aromatic rings. The van der Waals surface area contributed by atoms with Crippen molar-refractivity contribution in [3.8, 4) is 11.5 Å². The summed E-state index contributed by atoms with van der Waals surface area (Å²) in [6, 6.07) is 16.9. The van der Waals surface area contributed by atoms with Gasteiger partial charge >= 0.3 is 0 Å². The molecule has 6 nitrogen and oxygen atoms in total. The molecular formula is C27H24BrClIN3O3. The first-order valence-electron chi connectivity index (χ1n) is 11.5. The number of aromatic nitrogens is 2. The first kappa shape index (κ1) is 26.6. The highest BCUT2D eigenvalue weighted by Crippen LogP contribution is 2.35. The molecule has 0 saturated carbocycles. The lowest BCUT2D eigenvalue weighted by Gasteiger charge is -2.15. The van der Waals surface area contributed by atoms with Crippen molar-refractivity contribution >= 4 is 67.2 Å². The molecule has 0 atom stereocenters. The van der Waals surface area contributed by atoms with Gasteiger partial charge in [0, 0.05) is 21.5 Å². The molecule has 0 saturated heterocycles. The zero-order valence-electron chi connectivity index (χ0n) is 19.8. The Morgan fingerprint density at radius 1 is 1.14 bits per heavy atom. The molecule has 0 radical (unpaired) electrons. The zero-order valence-corrected chi connectivity index (χ0v) is 24.3. The summed E-state index contributed by atoms with van der Waals surface area (Å²) in [7, 11) is 0. The van der Waals surface area contributed by atoms with Gasteiger partial charge in [-0.15, -0.1) is 0 Å². The Morgan fingerprint density at radius 2 is 1.94 bits per heavy atom. The average molecular weight is 681 g/mol. The Morgan fingerprint density at radius 3 is 2.69 bits per heavy atom. The predicted octanol–water partition coefficient (Wildman–Crippen LogP) is 7.23. The van der Waals surface area contributed by atoms with Gasteiger partial charge in [-0.05, 0) is 77.9 Å². The van der Waals surface area contributed by atoms with Gasteiger partial charge in [0.25, 0.3) is 5.56 Å². The number of ether oxygens (including phenoxy) is 2. The summed E-state index contributed by atoms with van der Waals surface area (Å²) in [5, 5.41) is 5.70. The van der Waals surface area contributed by atoms with E-state index in [9.17, 15) is 4.79 Å². The number of rotatable bonds is 9. The van der Waals surface area contributed by atoms with Crippen LogP contribution in [-0.4, -0.2) is 22.5 Å². The maximum absolute atomic E-state index is 13.3. The van der Waals surface area contributed by atoms with E-state index in [2.05, 4.69) is 48.6 Å². The smallest absolute Gasteiger partial charge is 0.282 e. The van der Waals surface area contributed by atoms with E-state index in [0.717, 1.165) is 25.6 Å². The number of nitrogens with zero attached hydrogens (tertiary/aromatic N) is 3. The van der Waals surface area contributed by atoms with E-state index in [0.29, 0.717) is 52.9 Å². The molecule has 0 unspecified atom stereocenters. The van der Waals surface area contributed by atoms with E-state index in [1.54, 1.807) is 12.3 Å². The molecule has 0 bridgehead atoms. The predicted molar refractivity (Wildman–Crippen MR) is 157 cm³/mol. The molecule has 0 aliphatic heterocycles. The average Bonchev–Trinajstić information content (AvgIpc) is 2.85. The van der Waals surface area contributed by atoms with Crippen molar-refractivity contribution in [2.75, 3.05) is 6.61 Å². The summed E-state index contributed by atoms with van der Waals surface area (Å²) in [4.78, 5) is 18.0. The summed E-state index contributed by atoms with van der Waals surface area (Å²) in [5.41, 5.74) is 2.12. The first-order chi connectivity index (χ1) is 17.4. The third-order valence-electron chi connectivity index (χ3n) is 5.33. The molecule has 4 rings (SSSR count). The van der Waals surface area contributed by atoms with Crippen LogP contribution in [0.5, 0.6) is 11.5 Å². The molecule has 0 N–H and O–H groups in total. The minimum absolute atomic E-state index is 0.208. The highest BCUT2D eigenvalue weighted by atomic mass is 127. The number of benzene rings is 3. The van der Waals surface area contributed by atoms with Crippen LogP contribution in [0.1, 0.15) is 37.2 Å². The summed E-state index contributed by atoms with van der Waals surface area (Å²) in [5.74, 6) is 1.85. The number of halogens is 3. The van der Waals surface area contributed by atoms with Crippen LogP contribution in [0.3, 0.4) is 0 Å². The monoisotopic (exact) mass is 679 g/mol. The highest BCUT2D eigenvalue weighted by molar-refractivity contribution is 14.1. The van der Waals surface area contributed by atoms with E-state index in [4.69, 9.17) is 21.1 Å². The van der Waals surface area contributed by atoms with Crippen molar-refractivity contribution < 1.29 is 9.47 Å². The fourth-order valence-electron chi connectivity index (χ4n) is 3.65. The van der Waals surface area contributed by atoms with Gasteiger partial charge in [-0.3, -0.25) is 4.79 Å². The van der Waals surface area contributed by atoms with Crippen molar-refractivity contribution in [1.82, 2.24) is 9.66 Å². The lowest BCUT2D eigenvalue weighted by atomic mass is 10.2. The normalized spacial score (nSPS) is 11.4. The zero-order chi connectivity index (χ0) is 25.7. The van der Waals surface area contributed by atoms with Gasteiger partial charge in [0.15, 0.2) is 11.5 Å². The second-order valence-electron chi connectivity index (χ2n) is 7.94. The topological polar surface area (TPSA) is 65.7 Å². The van der Waals surface area contributed by atoms with E-state index in [1.165, 1.54) is 4.68 Å². The summed E-state index contributed by atoms with van der Waals surface area (Å²) >= 11 is 11.9. The Hall–Kier alpha value is -2.43. The molecule has 9 heteroatoms. The van der Waals surface area contributed by atoms with Crippen LogP contribution in [0.15, 0.2) is 69.0 Å². The molecule has 0 amide bonds. The molecular weight excluding hydrogens is 657 g/mol. The minimum Gasteiger partial charge on any atom is -0.490 e. The van der Waals surface area contributed by atoms with Gasteiger partial charge in [-0.25, -0.2) is 4.98 Å². The molecule has 0 aliphatic rings. The van der Waals surface area contributed by atoms with E-state index in [1.807, 2.05) is 62.4 Å². The van der Waals surface area contributed by atoms with Gasteiger partial charge in [0.05, 0.1) is 27.3 Å². The minimum atomic E-state index is -0.208. The largest absolute Gasteiger partial charge is 0.490 e. The van der Waals surface area contributed by atoms with Gasteiger partial charge in [-0.2, -0.15) is 9.78 Å². The van der Waals surface area contributed by atoms with Crippen molar-refractivity contribution in [1.29, 1.82) is 0 Å². The van der Waals surface area contributed by atoms with Crippen molar-refractivity contribution in [2.45, 2.75) is 33.3 Å². The van der Waals surface area contributed by atoms with Crippen molar-refractivity contribution in [3.05, 3.63) is 95.0 Å². The second-order valence-corrected chi connectivity index (χ2v) is 10.4. The summed E-state index contributed by atoms with van der Waals surface area (Å²) in [6.45, 7) is 4.75. The van der Waals surface area contributed by atoms with Gasteiger partial charge < -0.3 is 9.47 Å². The maximum atomic E-state index is 13.3. The quantitative estimate of drug-likeness (QED) is 0.138. The standard InChI is InChI=1S/C27H24BrClIN3O3/c1-3-7-25-32-23-11-10-19(28)14-20(23)27(34)33(25)31-15-17-12-22(30)26(24(13-17)35-4-2)36-16-18-8-5-6-9-21(18)29/h5-6,8-15H,3-4,7,16H2,1-2H3. The number of hydrogen-bond acceptors (Lipinski definition) is 5. The van der Waals surface area contributed by atoms with Crippen LogP contribution < -0.4 is 15.0 Å². The van der Waals surface area contributed by atoms with E-state index in [-0.39, 0.29) is 5.56 Å². The Bertz CT molecular complexity index is 1490. The number of fused-ring (bicyclic) bond motifs is 1. The molecule has 0 aliphatic carbocycles. The van der Waals surface area contributed by atoms with Gasteiger partial charge in [0.2, 0.25) is 0 Å². The lowest BCUT2D eigenvalue weighted by Crippen LogP contribution is -2.22. The molecule has 1 aromatic heterocycles. The number of hydrogen-bond donors (Lipinski definition) is 0. The molecule has 186 valence electrons. The third kappa shape index (κ3) is 6.10. The summed E-state index contributed by atoms with van der Waals surface area (Å²) in [6.07, 6.45) is 3.12. The fraction of sp³-hybridized carbons (Fsp3) is 0.222. The highest BCUT2D eigenvalue weighted by Gasteiger charge is 2.14. The molecule has 0 fully saturated rings. The van der Waals surface area contributed by atoms with Crippen LogP contribution >= 0.6 is 50.1 Å². The summed E-state index contributed by atoms with van der Waals surface area (Å²) < 4.78 is 15.0. The molecule has 0 spiro atoms. The molecule has 36 heavy (non-hydrogen) atoms. The van der Waals surface area contributed by atoms with Crippen LogP contribution in [0.4, 0.5) is 0 Å². The second kappa shape index (κ2) is 12.2. The Balaban J connectivity index is 1.70. The van der Waals surface area contributed by atoms with Crippen molar-refractivity contribution in [2.24, 2.45) is 5.10 Å². The van der Waals surface area contributed by atoms with Gasteiger partial charge in [0.1, 0.15) is 12.4 Å². The molecule has 3 aromatic carbocycles. The van der Waals surface area contributed by atoms with Gasteiger partial charge in [-0.1, -0.05) is 52.7 Å². The lowest BCUT2D eigenvalue weighted by molar-refractivity contribution is 0.267. The van der Waals surface area contributed by atoms with Crippen LogP contribution in [0.25, 0.3) is 10.9 Å². The van der Waals surface area contributed by atoms with Crippen LogP contribution in [0.2, 0.25) is 5.02 Å². The maximum Gasteiger partial charge on any atom is 0.282 e. The van der Waals surface area contributed by atoms with Crippen LogP contribution in [-0.2, 0) is 13.0 Å². The Kier molecular flexibility index (Phi) is 9.03. The Labute approximate surface area is 236 Å². The number of aryl methyl sites for hydroxylation is 1. The third-order valence-corrected chi connectivity index (χ3v) is 7.00. The van der Waals surface area contributed by atoms with E-state index >= 15 is 0 Å².